The highest BCUT2D eigenvalue weighted by molar-refractivity contribution is 5.99. The first-order valence-corrected chi connectivity index (χ1v) is 6.67. The van der Waals surface area contributed by atoms with Crippen LogP contribution < -0.4 is 5.32 Å². The lowest BCUT2D eigenvalue weighted by Gasteiger charge is -2.26. The number of rotatable bonds is 1. The maximum atomic E-state index is 12.5. The van der Waals surface area contributed by atoms with Crippen molar-refractivity contribution in [2.24, 2.45) is 0 Å². The predicted octanol–water partition coefficient (Wildman–Crippen LogP) is 2.52. The number of aryl methyl sites for hydroxylation is 2. The molecule has 1 aliphatic rings. The van der Waals surface area contributed by atoms with Gasteiger partial charge in [-0.3, -0.25) is 4.79 Å². The Labute approximate surface area is 124 Å². The van der Waals surface area contributed by atoms with E-state index >= 15 is 0 Å². The second-order valence-electron chi connectivity index (χ2n) is 5.05. The fourth-order valence-corrected chi connectivity index (χ4v) is 2.60. The lowest BCUT2D eigenvalue weighted by Crippen LogP contribution is -2.46. The van der Waals surface area contributed by atoms with Crippen molar-refractivity contribution in [3.63, 3.8) is 0 Å². The number of fused-ring (bicyclic) bond motifs is 1. The van der Waals surface area contributed by atoms with Gasteiger partial charge in [-0.1, -0.05) is 18.2 Å². The number of hydrogen-bond acceptors (Lipinski definition) is 3. The molecule has 2 aromatic rings. The molecule has 0 radical (unpaired) electrons. The standard InChI is InChI=1S/C15H18N2O2.ClH/c1-10-4-3-5-12-11(2)14(19-13(10)12)15(18)17-8-6-16-7-9-17;/h3-5,16H,6-9H2,1-2H3;1H. The smallest absolute Gasteiger partial charge is 0.289 e. The number of piperazine rings is 1. The summed E-state index contributed by atoms with van der Waals surface area (Å²) in [4.78, 5) is 14.4. The monoisotopic (exact) mass is 294 g/mol. The molecule has 0 atom stereocenters. The molecule has 0 bridgehead atoms. The Hall–Kier alpha value is -1.52. The fraction of sp³-hybridized carbons (Fsp3) is 0.400. The Morgan fingerprint density at radius 3 is 2.60 bits per heavy atom. The van der Waals surface area contributed by atoms with Gasteiger partial charge in [-0.2, -0.15) is 0 Å². The van der Waals surface area contributed by atoms with Crippen LogP contribution >= 0.6 is 12.4 Å². The van der Waals surface area contributed by atoms with Gasteiger partial charge in [0.1, 0.15) is 5.58 Å². The van der Waals surface area contributed by atoms with Crippen molar-refractivity contribution in [3.8, 4) is 0 Å². The lowest BCUT2D eigenvalue weighted by molar-refractivity contribution is 0.0705. The Bertz CT molecular complexity index is 630. The van der Waals surface area contributed by atoms with Gasteiger partial charge in [-0.25, -0.2) is 0 Å². The van der Waals surface area contributed by atoms with Gasteiger partial charge in [0, 0.05) is 37.1 Å². The van der Waals surface area contributed by atoms with Crippen LogP contribution in [0.1, 0.15) is 21.7 Å². The molecule has 1 aliphatic heterocycles. The van der Waals surface area contributed by atoms with E-state index < -0.39 is 0 Å². The zero-order chi connectivity index (χ0) is 13.4. The van der Waals surface area contributed by atoms with Gasteiger partial charge in [0.25, 0.3) is 5.91 Å². The molecule has 1 fully saturated rings. The van der Waals surface area contributed by atoms with E-state index in [0.717, 1.165) is 48.3 Å². The van der Waals surface area contributed by atoms with Crippen molar-refractivity contribution in [2.75, 3.05) is 26.2 Å². The summed E-state index contributed by atoms with van der Waals surface area (Å²) in [6.07, 6.45) is 0. The Morgan fingerprint density at radius 1 is 1.25 bits per heavy atom. The van der Waals surface area contributed by atoms with Gasteiger partial charge in [0.15, 0.2) is 5.76 Å². The van der Waals surface area contributed by atoms with Crippen LogP contribution in [-0.4, -0.2) is 37.0 Å². The fourth-order valence-electron chi connectivity index (χ4n) is 2.60. The molecule has 1 aromatic carbocycles. The van der Waals surface area contributed by atoms with Crippen molar-refractivity contribution >= 4 is 29.3 Å². The molecule has 1 N–H and O–H groups in total. The van der Waals surface area contributed by atoms with Crippen LogP contribution in [0.2, 0.25) is 0 Å². The number of furan rings is 1. The molecule has 108 valence electrons. The van der Waals surface area contributed by atoms with Crippen LogP contribution in [0.25, 0.3) is 11.0 Å². The highest BCUT2D eigenvalue weighted by Gasteiger charge is 2.24. The minimum atomic E-state index is 0. The maximum Gasteiger partial charge on any atom is 0.289 e. The molecular weight excluding hydrogens is 276 g/mol. The molecule has 0 saturated carbocycles. The van der Waals surface area contributed by atoms with E-state index in [0.29, 0.717) is 5.76 Å². The van der Waals surface area contributed by atoms with Crippen LogP contribution in [0.3, 0.4) is 0 Å². The van der Waals surface area contributed by atoms with Crippen LogP contribution in [0.4, 0.5) is 0 Å². The van der Waals surface area contributed by atoms with Crippen molar-refractivity contribution in [3.05, 3.63) is 35.1 Å². The number of carbonyl (C=O) groups excluding carboxylic acids is 1. The molecule has 0 aliphatic carbocycles. The number of nitrogens with one attached hydrogen (secondary N) is 1. The maximum absolute atomic E-state index is 12.5. The first-order chi connectivity index (χ1) is 9.18. The molecule has 5 heteroatoms. The van der Waals surface area contributed by atoms with Crippen molar-refractivity contribution in [1.82, 2.24) is 10.2 Å². The van der Waals surface area contributed by atoms with Crippen molar-refractivity contribution < 1.29 is 9.21 Å². The number of carbonyl (C=O) groups is 1. The quantitative estimate of drug-likeness (QED) is 0.879. The minimum Gasteiger partial charge on any atom is -0.450 e. The van der Waals surface area contributed by atoms with Gasteiger partial charge in [0.2, 0.25) is 0 Å². The van der Waals surface area contributed by atoms with E-state index in [1.165, 1.54) is 0 Å². The number of para-hydroxylation sites is 1. The van der Waals surface area contributed by atoms with Gasteiger partial charge in [-0.05, 0) is 19.4 Å². The predicted molar refractivity (Wildman–Crippen MR) is 81.7 cm³/mol. The Morgan fingerprint density at radius 2 is 1.95 bits per heavy atom. The van der Waals surface area contributed by atoms with E-state index in [2.05, 4.69) is 5.32 Å². The summed E-state index contributed by atoms with van der Waals surface area (Å²) in [5, 5.41) is 4.29. The number of halogens is 1. The molecule has 1 amide bonds. The summed E-state index contributed by atoms with van der Waals surface area (Å²) in [7, 11) is 0. The zero-order valence-corrected chi connectivity index (χ0v) is 12.5. The van der Waals surface area contributed by atoms with Crippen LogP contribution in [0, 0.1) is 13.8 Å². The molecule has 1 aromatic heterocycles. The van der Waals surface area contributed by atoms with Crippen LogP contribution in [0.15, 0.2) is 22.6 Å². The van der Waals surface area contributed by atoms with Gasteiger partial charge in [0.05, 0.1) is 0 Å². The third-order valence-electron chi connectivity index (χ3n) is 3.76. The van der Waals surface area contributed by atoms with E-state index in [1.54, 1.807) is 0 Å². The Balaban J connectivity index is 0.00000147. The van der Waals surface area contributed by atoms with E-state index in [1.807, 2.05) is 36.9 Å². The summed E-state index contributed by atoms with van der Waals surface area (Å²) < 4.78 is 5.83. The number of nitrogens with zero attached hydrogens (tertiary/aromatic N) is 1. The molecule has 3 rings (SSSR count). The second kappa shape index (κ2) is 5.85. The molecule has 1 saturated heterocycles. The van der Waals surface area contributed by atoms with Gasteiger partial charge in [-0.15, -0.1) is 12.4 Å². The topological polar surface area (TPSA) is 45.5 Å². The molecular formula is C15H19ClN2O2. The second-order valence-corrected chi connectivity index (χ2v) is 5.05. The van der Waals surface area contributed by atoms with E-state index in [4.69, 9.17) is 4.42 Å². The minimum absolute atomic E-state index is 0. The zero-order valence-electron chi connectivity index (χ0n) is 11.7. The average molecular weight is 295 g/mol. The molecule has 2 heterocycles. The first-order valence-electron chi connectivity index (χ1n) is 6.67. The van der Waals surface area contributed by atoms with E-state index in [-0.39, 0.29) is 18.3 Å². The van der Waals surface area contributed by atoms with Crippen molar-refractivity contribution in [2.45, 2.75) is 13.8 Å². The SMILES string of the molecule is Cc1c(C(=O)N2CCNCC2)oc2c(C)cccc12.Cl. The van der Waals surface area contributed by atoms with Crippen LogP contribution in [0.5, 0.6) is 0 Å². The number of amides is 1. The third-order valence-corrected chi connectivity index (χ3v) is 3.76. The molecule has 0 spiro atoms. The van der Waals surface area contributed by atoms with Gasteiger partial charge < -0.3 is 14.6 Å². The summed E-state index contributed by atoms with van der Waals surface area (Å²) >= 11 is 0. The number of hydrogen-bond donors (Lipinski definition) is 1. The largest absolute Gasteiger partial charge is 0.450 e. The lowest BCUT2D eigenvalue weighted by atomic mass is 10.1. The Kier molecular flexibility index (Phi) is 4.35. The first kappa shape index (κ1) is 14.9. The highest BCUT2D eigenvalue weighted by Crippen LogP contribution is 2.28. The summed E-state index contributed by atoms with van der Waals surface area (Å²) in [6.45, 7) is 7.15. The molecule has 20 heavy (non-hydrogen) atoms. The highest BCUT2D eigenvalue weighted by atomic mass is 35.5. The summed E-state index contributed by atoms with van der Waals surface area (Å²) in [6, 6.07) is 6.01. The summed E-state index contributed by atoms with van der Waals surface area (Å²) in [5.74, 6) is 0.501. The summed E-state index contributed by atoms with van der Waals surface area (Å²) in [5.41, 5.74) is 2.85. The molecule has 0 unspecified atom stereocenters. The molecule has 4 nitrogen and oxygen atoms in total. The van der Waals surface area contributed by atoms with Gasteiger partial charge >= 0.3 is 0 Å². The van der Waals surface area contributed by atoms with Crippen LogP contribution in [-0.2, 0) is 0 Å². The van der Waals surface area contributed by atoms with E-state index in [9.17, 15) is 4.79 Å². The normalized spacial score (nSPS) is 15.2. The third kappa shape index (κ3) is 2.41. The number of benzene rings is 1. The average Bonchev–Trinajstić information content (AvgIpc) is 2.78. The van der Waals surface area contributed by atoms with Crippen molar-refractivity contribution in [1.29, 1.82) is 0 Å².